The first-order valence-electron chi connectivity index (χ1n) is 11.7. The van der Waals surface area contributed by atoms with E-state index in [0.29, 0.717) is 22.3 Å². The number of anilines is 1. The van der Waals surface area contributed by atoms with E-state index in [1.165, 1.54) is 6.33 Å². The largest absolute Gasteiger partial charge is 0.481 e. The number of aliphatic hydroxyl groups excluding tert-OH is 4. The van der Waals surface area contributed by atoms with Gasteiger partial charge >= 0.3 is 14.5 Å². The summed E-state index contributed by atoms with van der Waals surface area (Å²) < 4.78 is 42.4. The predicted molar refractivity (Wildman–Crippen MR) is 136 cm³/mol. The Balaban J connectivity index is 1.17. The van der Waals surface area contributed by atoms with E-state index in [2.05, 4.69) is 18.7 Å². The highest BCUT2D eigenvalue weighted by atomic mass is 32.5. The Morgan fingerprint density at radius 1 is 1.27 bits per heavy atom. The van der Waals surface area contributed by atoms with Crippen molar-refractivity contribution in [2.75, 3.05) is 18.9 Å². The third kappa shape index (κ3) is 5.47. The van der Waals surface area contributed by atoms with E-state index in [-0.39, 0.29) is 5.82 Å². The molecule has 1 aliphatic carbocycles. The zero-order valence-corrected chi connectivity index (χ0v) is 23.6. The SMILES string of the molecule is Nc1ncnc2c([C@H]3C[C@H](N)[C@@H](COP(O)(=S)OP(=O)(O)OC4OC5(O)C4C(O)C(O)C5[C@@H](O)CO)O3)snc12. The minimum atomic E-state index is -5.25. The Kier molecular flexibility index (Phi) is 8.41. The lowest BCUT2D eigenvalue weighted by atomic mass is 9.86. The maximum absolute atomic E-state index is 12.6. The van der Waals surface area contributed by atoms with Crippen LogP contribution in [0.25, 0.3) is 11.0 Å². The van der Waals surface area contributed by atoms with Crippen LogP contribution in [0.4, 0.5) is 5.82 Å². The molecular weight excluding hydrogens is 620 g/mol. The van der Waals surface area contributed by atoms with Crippen molar-refractivity contribution in [3.8, 4) is 0 Å². The molecule has 2 aromatic heterocycles. The monoisotopic (exact) mass is 647 g/mol. The number of nitrogens with two attached hydrogens (primary N) is 2. The number of nitrogen functional groups attached to an aromatic ring is 1. The van der Waals surface area contributed by atoms with Crippen molar-refractivity contribution >= 4 is 54.7 Å². The number of aliphatic hydroxyl groups is 5. The molecule has 4 heterocycles. The molecular formula is C18H27N5O13P2S2. The van der Waals surface area contributed by atoms with Crippen LogP contribution in [0.1, 0.15) is 17.4 Å². The number of phosphoric ester groups is 1. The molecule has 12 atom stereocenters. The summed E-state index contributed by atoms with van der Waals surface area (Å²) in [5.74, 6) is -5.23. The van der Waals surface area contributed by atoms with Crippen LogP contribution < -0.4 is 11.5 Å². The van der Waals surface area contributed by atoms with Crippen molar-refractivity contribution in [3.05, 3.63) is 11.2 Å². The number of aromatic nitrogens is 3. The second-order valence-electron chi connectivity index (χ2n) is 9.51. The van der Waals surface area contributed by atoms with Gasteiger partial charge in [0, 0.05) is 6.04 Å². The molecule has 2 saturated heterocycles. The summed E-state index contributed by atoms with van der Waals surface area (Å²) in [5.41, 5.74) is 12.9. The number of rotatable bonds is 10. The van der Waals surface area contributed by atoms with E-state index in [1.54, 1.807) is 0 Å². The van der Waals surface area contributed by atoms with Gasteiger partial charge in [0.15, 0.2) is 17.9 Å². The molecule has 3 fully saturated rings. The summed E-state index contributed by atoms with van der Waals surface area (Å²) in [7, 11) is -5.25. The average molecular weight is 648 g/mol. The van der Waals surface area contributed by atoms with Crippen LogP contribution in [0.15, 0.2) is 6.33 Å². The van der Waals surface area contributed by atoms with Crippen molar-refractivity contribution in [1.82, 2.24) is 14.3 Å². The van der Waals surface area contributed by atoms with Gasteiger partial charge in [-0.15, -0.1) is 0 Å². The number of fused-ring (bicyclic) bond motifs is 2. The van der Waals surface area contributed by atoms with Crippen molar-refractivity contribution in [2.24, 2.45) is 17.6 Å². The second-order valence-corrected chi connectivity index (χ2v) is 14.7. The first kappa shape index (κ1) is 30.6. The fourth-order valence-corrected chi connectivity index (χ4v) is 9.10. The number of phosphoric acid groups is 1. The molecule has 0 aromatic carbocycles. The normalized spacial score (nSPS) is 39.4. The lowest BCUT2D eigenvalue weighted by Gasteiger charge is -2.49. The van der Waals surface area contributed by atoms with E-state index >= 15 is 0 Å². The minimum Gasteiger partial charge on any atom is -0.394 e. The number of ether oxygens (including phenoxy) is 2. The first-order valence-corrected chi connectivity index (χ1v) is 16.6. The van der Waals surface area contributed by atoms with Gasteiger partial charge in [0.05, 0.1) is 60.4 Å². The second kappa shape index (κ2) is 11.0. The van der Waals surface area contributed by atoms with E-state index in [1.807, 2.05) is 0 Å². The van der Waals surface area contributed by atoms with Gasteiger partial charge in [-0.3, -0.25) is 4.52 Å². The van der Waals surface area contributed by atoms with Crippen LogP contribution in [0.3, 0.4) is 0 Å². The molecule has 18 nitrogen and oxygen atoms in total. The quantitative estimate of drug-likeness (QED) is 0.121. The summed E-state index contributed by atoms with van der Waals surface area (Å²) in [5, 5.41) is 50.1. The van der Waals surface area contributed by atoms with Gasteiger partial charge in [-0.25, -0.2) is 18.8 Å². The van der Waals surface area contributed by atoms with Crippen LogP contribution >= 0.6 is 26.1 Å². The van der Waals surface area contributed by atoms with Crippen molar-refractivity contribution in [2.45, 2.75) is 55.1 Å². The minimum absolute atomic E-state index is 0.210. The lowest BCUT2D eigenvalue weighted by molar-refractivity contribution is -0.427. The first-order chi connectivity index (χ1) is 18.7. The highest BCUT2D eigenvalue weighted by molar-refractivity contribution is 8.08. The number of nitrogens with zero attached hydrogens (tertiary/aromatic N) is 3. The summed E-state index contributed by atoms with van der Waals surface area (Å²) in [6.45, 7) is -5.75. The Bertz CT molecular complexity index is 1360. The van der Waals surface area contributed by atoms with E-state index in [0.717, 1.165) is 11.5 Å². The van der Waals surface area contributed by atoms with Crippen LogP contribution in [-0.2, 0) is 39.2 Å². The standard InChI is InChI=1S/C18H27N5O13P2S2/c19-5-1-7(15-11-12(23-40-15)16(20)22-4-21-11)33-8(5)3-32-38(31,39)36-37(29,30)35-17-10-14(27)13(26)9(6(25)2-24)18(10,28)34-17/h4-10,13-14,17,24-28H,1-3,19H2,(H,29,30)(H,31,39)(H2,20,21,22)/t5-,6-,7+,8+,9?,10?,13?,14?,17?,18?,38?/m0/s1. The van der Waals surface area contributed by atoms with E-state index in [9.17, 15) is 34.8 Å². The highest BCUT2D eigenvalue weighted by Gasteiger charge is 2.73. The third-order valence-corrected chi connectivity index (χ3v) is 11.4. The van der Waals surface area contributed by atoms with Crippen molar-refractivity contribution in [3.63, 3.8) is 0 Å². The lowest BCUT2D eigenvalue weighted by Crippen LogP contribution is -2.64. The predicted octanol–water partition coefficient (Wildman–Crippen LogP) is -2.44. The maximum Gasteiger partial charge on any atom is 0.481 e. The number of hydrogen-bond acceptors (Lipinski definition) is 18. The third-order valence-electron chi connectivity index (χ3n) is 7.00. The molecule has 5 rings (SSSR count). The zero-order chi connectivity index (χ0) is 29.2. The molecule has 1 saturated carbocycles. The molecule has 3 aliphatic rings. The van der Waals surface area contributed by atoms with Gasteiger partial charge in [-0.1, -0.05) is 0 Å². The molecule has 8 unspecified atom stereocenters. The maximum atomic E-state index is 12.6. The van der Waals surface area contributed by atoms with Crippen LogP contribution in [0, 0.1) is 11.8 Å². The smallest absolute Gasteiger partial charge is 0.394 e. The molecule has 224 valence electrons. The molecule has 0 amide bonds. The van der Waals surface area contributed by atoms with Gasteiger partial charge in [-0.2, -0.15) is 4.37 Å². The zero-order valence-electron chi connectivity index (χ0n) is 20.2. The molecule has 22 heteroatoms. The fraction of sp³-hybridized carbons (Fsp3) is 0.722. The van der Waals surface area contributed by atoms with Gasteiger partial charge in [0.2, 0.25) is 0 Å². The molecule has 0 spiro atoms. The molecule has 11 N–H and O–H groups in total. The average Bonchev–Trinajstić information content (AvgIpc) is 3.48. The summed E-state index contributed by atoms with van der Waals surface area (Å²) in [6, 6.07) is -0.591. The van der Waals surface area contributed by atoms with Gasteiger partial charge in [-0.05, 0) is 29.8 Å². The fourth-order valence-electron chi connectivity index (χ4n) is 5.12. The molecule has 0 bridgehead atoms. The Morgan fingerprint density at radius 2 is 2.00 bits per heavy atom. The Hall–Kier alpha value is -0.870. The van der Waals surface area contributed by atoms with Gasteiger partial charge in [0.1, 0.15) is 17.4 Å². The summed E-state index contributed by atoms with van der Waals surface area (Å²) in [4.78, 5) is 29.3. The van der Waals surface area contributed by atoms with Crippen LogP contribution in [-0.4, -0.2) is 105 Å². The number of hydrogen-bond donors (Lipinski definition) is 9. The van der Waals surface area contributed by atoms with Crippen LogP contribution in [0.5, 0.6) is 0 Å². The molecule has 2 aliphatic heterocycles. The topological polar surface area (TPSA) is 296 Å². The Labute approximate surface area is 234 Å². The summed E-state index contributed by atoms with van der Waals surface area (Å²) in [6.07, 6.45) is -6.74. The van der Waals surface area contributed by atoms with Gasteiger partial charge in [0.25, 0.3) is 0 Å². The van der Waals surface area contributed by atoms with Crippen molar-refractivity contribution < 1.29 is 62.7 Å². The summed E-state index contributed by atoms with van der Waals surface area (Å²) >= 11 is 5.93. The molecule has 40 heavy (non-hydrogen) atoms. The highest BCUT2D eigenvalue weighted by Crippen LogP contribution is 2.64. The van der Waals surface area contributed by atoms with Gasteiger partial charge < -0.3 is 60.8 Å². The Morgan fingerprint density at radius 3 is 2.70 bits per heavy atom. The molecule has 2 aromatic rings. The van der Waals surface area contributed by atoms with Crippen molar-refractivity contribution in [1.29, 1.82) is 0 Å². The van der Waals surface area contributed by atoms with E-state index < -0.39 is 88.2 Å². The van der Waals surface area contributed by atoms with E-state index in [4.69, 9.17) is 46.9 Å². The molecule has 0 radical (unpaired) electrons. The van der Waals surface area contributed by atoms with Crippen LogP contribution in [0.2, 0.25) is 0 Å².